The van der Waals surface area contributed by atoms with Gasteiger partial charge in [0.2, 0.25) is 6.34 Å². The molecule has 1 rings (SSSR count). The Kier molecular flexibility index (Phi) is 2.18. The van der Waals surface area contributed by atoms with Gasteiger partial charge in [-0.05, 0) is 0 Å². The normalized spacial score (nSPS) is 31.3. The predicted octanol–water partition coefficient (Wildman–Crippen LogP) is -1.39. The van der Waals surface area contributed by atoms with Gasteiger partial charge >= 0.3 is 0 Å². The lowest BCUT2D eigenvalue weighted by atomic mass is 10.6. The third-order valence-electron chi connectivity index (χ3n) is 1.27. The highest BCUT2D eigenvalue weighted by molar-refractivity contribution is 5.81. The Labute approximate surface area is 63.8 Å². The Morgan fingerprint density at radius 2 is 2.64 bits per heavy atom. The first kappa shape index (κ1) is 8.12. The van der Waals surface area contributed by atoms with Gasteiger partial charge in [0.1, 0.15) is 13.2 Å². The summed E-state index contributed by atoms with van der Waals surface area (Å²) < 4.78 is -0.896. The van der Waals surface area contributed by atoms with Crippen LogP contribution in [0.4, 0.5) is 0 Å². The zero-order chi connectivity index (χ0) is 8.32. The molecular weight excluding hydrogens is 148 g/mol. The average molecular weight is 158 g/mol. The largest absolute Gasteiger partial charge is 0.599 e. The lowest BCUT2D eigenvalue weighted by Crippen LogP contribution is -2.36. The van der Waals surface area contributed by atoms with Gasteiger partial charge < -0.3 is 16.0 Å². The smallest absolute Gasteiger partial charge is 0.212 e. The lowest BCUT2D eigenvalue weighted by molar-refractivity contribution is -0.782. The van der Waals surface area contributed by atoms with Crippen molar-refractivity contribution in [2.24, 2.45) is 15.8 Å². The fourth-order valence-corrected chi connectivity index (χ4v) is 0.769. The van der Waals surface area contributed by atoms with Crippen LogP contribution < -0.4 is 5.73 Å². The number of rotatable bonds is 2. The van der Waals surface area contributed by atoms with Crippen LogP contribution in [0.25, 0.3) is 0 Å². The number of aliphatic imine (C=N–C) groups is 1. The van der Waals surface area contributed by atoms with E-state index in [4.69, 9.17) is 10.8 Å². The van der Waals surface area contributed by atoms with Crippen molar-refractivity contribution in [3.63, 3.8) is 0 Å². The van der Waals surface area contributed by atoms with Gasteiger partial charge in [-0.15, -0.1) is 0 Å². The van der Waals surface area contributed by atoms with Crippen molar-refractivity contribution in [1.29, 1.82) is 0 Å². The van der Waals surface area contributed by atoms with E-state index < -0.39 is 11.4 Å². The molecule has 6 nitrogen and oxygen atoms in total. The highest BCUT2D eigenvalue weighted by Gasteiger charge is 2.18. The van der Waals surface area contributed by atoms with Gasteiger partial charge in [-0.1, -0.05) is 5.10 Å². The van der Waals surface area contributed by atoms with Crippen molar-refractivity contribution in [3.05, 3.63) is 5.21 Å². The minimum absolute atomic E-state index is 0.0617. The molecule has 62 valence electrons. The van der Waals surface area contributed by atoms with Gasteiger partial charge in [0.25, 0.3) is 0 Å². The minimum atomic E-state index is -0.896. The van der Waals surface area contributed by atoms with Gasteiger partial charge in [-0.3, -0.25) is 0 Å². The van der Waals surface area contributed by atoms with E-state index in [2.05, 4.69) is 10.1 Å². The zero-order valence-corrected chi connectivity index (χ0v) is 5.97. The second-order valence-electron chi connectivity index (χ2n) is 2.25. The van der Waals surface area contributed by atoms with Gasteiger partial charge in [-0.2, -0.15) is 4.76 Å². The van der Waals surface area contributed by atoms with Crippen molar-refractivity contribution in [3.8, 4) is 0 Å². The lowest BCUT2D eigenvalue weighted by Gasteiger charge is -2.25. The third kappa shape index (κ3) is 1.97. The topological polar surface area (TPSA) is 94.0 Å². The molecule has 3 N–H and O–H groups in total. The van der Waals surface area contributed by atoms with Crippen LogP contribution in [0.2, 0.25) is 0 Å². The molecule has 1 aliphatic rings. The number of hydrogen-bond acceptors (Lipinski definition) is 4. The molecule has 1 heterocycles. The summed E-state index contributed by atoms with van der Waals surface area (Å²) in [6.45, 7) is 0.336. The standard InChI is InChI=1S/C5H10N4O2/c6-5(3-10)8-9(11)2-1-7-4-9/h4,10H,1-3H2,(H2,6,8). The molecule has 11 heavy (non-hydrogen) atoms. The van der Waals surface area contributed by atoms with Crippen molar-refractivity contribution in [2.75, 3.05) is 19.7 Å². The van der Waals surface area contributed by atoms with Crippen molar-refractivity contribution < 1.29 is 9.86 Å². The molecular formula is C5H10N4O2. The molecule has 1 atom stereocenters. The Balaban J connectivity index is 2.66. The van der Waals surface area contributed by atoms with Crippen molar-refractivity contribution in [2.45, 2.75) is 0 Å². The number of aliphatic hydroxyl groups is 1. The summed E-state index contributed by atoms with van der Waals surface area (Å²) in [6.07, 6.45) is 1.17. The maximum atomic E-state index is 11.3. The van der Waals surface area contributed by atoms with Crippen LogP contribution in [-0.2, 0) is 0 Å². The van der Waals surface area contributed by atoms with E-state index in [1.807, 2.05) is 0 Å². The Hall–Kier alpha value is -0.980. The summed E-state index contributed by atoms with van der Waals surface area (Å²) in [5, 5.41) is 23.2. The molecule has 1 unspecified atom stereocenters. The predicted molar refractivity (Wildman–Crippen MR) is 40.6 cm³/mol. The molecule has 0 aliphatic carbocycles. The summed E-state index contributed by atoms with van der Waals surface area (Å²) in [5.74, 6) is -0.0617. The quantitative estimate of drug-likeness (QED) is 0.224. The van der Waals surface area contributed by atoms with E-state index in [0.29, 0.717) is 6.54 Å². The summed E-state index contributed by atoms with van der Waals surface area (Å²) in [4.78, 5) is 3.71. The monoisotopic (exact) mass is 158 g/mol. The Bertz CT molecular complexity index is 203. The van der Waals surface area contributed by atoms with Crippen LogP contribution in [0.3, 0.4) is 0 Å². The molecule has 0 aromatic heterocycles. The van der Waals surface area contributed by atoms with Crippen molar-refractivity contribution >= 4 is 12.2 Å². The minimum Gasteiger partial charge on any atom is -0.599 e. The van der Waals surface area contributed by atoms with E-state index in [0.717, 1.165) is 0 Å². The maximum Gasteiger partial charge on any atom is 0.212 e. The molecule has 0 amide bonds. The van der Waals surface area contributed by atoms with Crippen LogP contribution in [0, 0.1) is 5.21 Å². The number of amidine groups is 1. The number of hydroxylamine groups is 2. The molecule has 0 aromatic rings. The summed E-state index contributed by atoms with van der Waals surface area (Å²) in [5.41, 5.74) is 5.16. The summed E-state index contributed by atoms with van der Waals surface area (Å²) in [6, 6.07) is 0. The summed E-state index contributed by atoms with van der Waals surface area (Å²) in [7, 11) is 0. The zero-order valence-electron chi connectivity index (χ0n) is 5.97. The first-order chi connectivity index (χ1) is 5.16. The fraction of sp³-hybridized carbons (Fsp3) is 0.600. The second kappa shape index (κ2) is 2.95. The highest BCUT2D eigenvalue weighted by atomic mass is 16.6. The molecule has 0 bridgehead atoms. The van der Waals surface area contributed by atoms with Gasteiger partial charge in [0, 0.05) is 0 Å². The Morgan fingerprint density at radius 3 is 3.09 bits per heavy atom. The van der Waals surface area contributed by atoms with Crippen LogP contribution in [0.1, 0.15) is 0 Å². The van der Waals surface area contributed by atoms with Gasteiger partial charge in [0.15, 0.2) is 5.84 Å². The first-order valence-corrected chi connectivity index (χ1v) is 3.21. The number of hydrogen-bond donors (Lipinski definition) is 2. The van der Waals surface area contributed by atoms with Crippen LogP contribution >= 0.6 is 0 Å². The Morgan fingerprint density at radius 1 is 1.91 bits per heavy atom. The SMILES string of the molecule is NC(CO)=N[N+]1([O-])C=NCC1. The third-order valence-corrected chi connectivity index (χ3v) is 1.27. The van der Waals surface area contributed by atoms with E-state index in [9.17, 15) is 5.21 Å². The molecule has 0 aromatic carbocycles. The van der Waals surface area contributed by atoms with E-state index >= 15 is 0 Å². The molecule has 0 saturated heterocycles. The van der Waals surface area contributed by atoms with E-state index in [1.165, 1.54) is 6.34 Å². The molecule has 1 aliphatic heterocycles. The van der Waals surface area contributed by atoms with Crippen molar-refractivity contribution in [1.82, 2.24) is 0 Å². The summed E-state index contributed by atoms with van der Waals surface area (Å²) >= 11 is 0. The number of nitrogens with zero attached hydrogens (tertiary/aromatic N) is 3. The van der Waals surface area contributed by atoms with Crippen LogP contribution in [0.15, 0.2) is 10.1 Å². The number of aliphatic hydroxyl groups excluding tert-OH is 1. The molecule has 0 saturated carbocycles. The highest BCUT2D eigenvalue weighted by Crippen LogP contribution is 2.06. The van der Waals surface area contributed by atoms with E-state index in [1.54, 1.807) is 0 Å². The maximum absolute atomic E-state index is 11.3. The van der Waals surface area contributed by atoms with Crippen LogP contribution in [0.5, 0.6) is 0 Å². The first-order valence-electron chi connectivity index (χ1n) is 3.21. The molecule has 0 radical (unpaired) electrons. The number of nitrogens with two attached hydrogens (primary N) is 1. The van der Waals surface area contributed by atoms with Gasteiger partial charge in [0.05, 0.1) is 6.54 Å². The van der Waals surface area contributed by atoms with E-state index in [-0.39, 0.29) is 12.4 Å². The second-order valence-corrected chi connectivity index (χ2v) is 2.25. The molecule has 0 fully saturated rings. The number of quaternary nitrogens is 1. The van der Waals surface area contributed by atoms with Crippen LogP contribution in [-0.4, -0.2) is 41.7 Å². The average Bonchev–Trinajstić information content (AvgIpc) is 2.36. The van der Waals surface area contributed by atoms with Gasteiger partial charge in [-0.25, -0.2) is 4.99 Å². The fourth-order valence-electron chi connectivity index (χ4n) is 0.769. The molecule has 0 spiro atoms. The molecule has 6 heteroatoms.